The maximum absolute atomic E-state index is 13.9. The highest BCUT2D eigenvalue weighted by molar-refractivity contribution is 7.91. The minimum absolute atomic E-state index is 0.105. The Bertz CT molecular complexity index is 3290. The predicted molar refractivity (Wildman–Crippen MR) is 352 cm³/mol. The fourth-order valence-electron chi connectivity index (χ4n) is 11.1. The monoisotopic (exact) mass is 1370 g/mol. The molecule has 2 aliphatic rings. The Hall–Kier alpha value is -6.98. The number of sulfone groups is 1. The molecule has 0 aliphatic carbocycles. The summed E-state index contributed by atoms with van der Waals surface area (Å²) >= 11 is 0. The highest BCUT2D eigenvalue weighted by atomic mass is 32.2. The molecule has 2 heterocycles. The van der Waals surface area contributed by atoms with Crippen LogP contribution in [0.25, 0.3) is 0 Å². The standard InChI is InChI=1S/C34H40F2N2O6.C34H52N2O8S.C2HF3O2/c1-2-42-18-19-44-21-20-43-17-16-32(40)37-23-24-4-3-5-26(22-24)33-30(14-15-31(39)25-6-8-27(35)9-7-25)34(41)38(33)29-12-10-28(36)11-13-29;1-6-8-15-34(7-2)25-45(39,40)30-13-12-28(36(3)4)24-29(30)32(33(34)38)26-10-9-11-27(23-26)35-31(37)14-16-42-19-20-44-22-21-43-18-17-41-5;3-2(4,5)1(6)7/h3-13,22,30-31,33,39H,2,14-21,23H2,1H3,(H,37,40);9-13,23-24,32-33,38H,6-8,14-22,25H2,1-5H3,(H,35,37);(H,6,7). The van der Waals surface area contributed by atoms with Crippen molar-refractivity contribution >= 4 is 50.6 Å². The van der Waals surface area contributed by atoms with Gasteiger partial charge in [-0.25, -0.2) is 22.0 Å². The SMILES string of the molecule is CCCCC1(CC)CS(=O)(=O)c2ccc(N(C)C)cc2C(c2cccc(NC(=O)CCOCCOCCOCCOC)c2)C1O.CCOCCOCCOCCC(=O)NCc1cccc(C2C(CCC(O)c3ccc(F)cc3)C(=O)N2c2ccc(F)cc2)c1.O=C(O)C(F)(F)F. The van der Waals surface area contributed by atoms with Crippen molar-refractivity contribution in [3.05, 3.63) is 155 Å². The van der Waals surface area contributed by atoms with Gasteiger partial charge in [0.25, 0.3) is 0 Å². The molecule has 96 heavy (non-hydrogen) atoms. The number of carboxylic acids is 1. The van der Waals surface area contributed by atoms with Crippen LogP contribution >= 0.6 is 0 Å². The second kappa shape index (κ2) is 40.7. The van der Waals surface area contributed by atoms with E-state index in [9.17, 15) is 55.0 Å². The summed E-state index contributed by atoms with van der Waals surface area (Å²) in [5.74, 6) is -5.13. The summed E-state index contributed by atoms with van der Waals surface area (Å²) in [6.07, 6.45) is -2.92. The molecule has 530 valence electrons. The zero-order valence-corrected chi connectivity index (χ0v) is 56.3. The number of aliphatic hydroxyl groups is 2. The molecule has 0 spiro atoms. The average molecular weight is 1370 g/mol. The van der Waals surface area contributed by atoms with E-state index in [1.54, 1.807) is 36.3 Å². The third-order valence-electron chi connectivity index (χ3n) is 16.3. The Morgan fingerprint density at radius 1 is 0.719 bits per heavy atom. The van der Waals surface area contributed by atoms with Crippen molar-refractivity contribution in [1.82, 2.24) is 5.32 Å². The molecule has 20 nitrogen and oxygen atoms in total. The molecule has 1 saturated heterocycles. The average Bonchev–Trinajstić information content (AvgIpc) is 1.26. The number of anilines is 3. The number of hydrogen-bond acceptors (Lipinski definition) is 16. The molecule has 0 bridgehead atoms. The number of aliphatic hydroxyl groups excluding tert-OH is 2. The van der Waals surface area contributed by atoms with Crippen LogP contribution in [-0.4, -0.2) is 173 Å². The number of unbranched alkanes of at least 4 members (excludes halogenated alkanes) is 1. The van der Waals surface area contributed by atoms with E-state index in [0.717, 1.165) is 35.2 Å². The van der Waals surface area contributed by atoms with E-state index in [-0.39, 0.29) is 66.3 Å². The summed E-state index contributed by atoms with van der Waals surface area (Å²) in [6, 6.07) is 31.5. The second-order valence-corrected chi connectivity index (χ2v) is 25.2. The van der Waals surface area contributed by atoms with Gasteiger partial charge in [-0.3, -0.25) is 14.4 Å². The topological polar surface area (TPSA) is 258 Å². The van der Waals surface area contributed by atoms with Crippen LogP contribution in [0.2, 0.25) is 0 Å². The number of carbonyl (C=O) groups is 4. The first-order valence-electron chi connectivity index (χ1n) is 32.1. The number of alkyl halides is 3. The van der Waals surface area contributed by atoms with Crippen molar-refractivity contribution in [3.63, 3.8) is 0 Å². The molecule has 6 unspecified atom stereocenters. The van der Waals surface area contributed by atoms with Crippen molar-refractivity contribution in [3.8, 4) is 0 Å². The van der Waals surface area contributed by atoms with Gasteiger partial charge in [-0.05, 0) is 127 Å². The largest absolute Gasteiger partial charge is 0.490 e. The van der Waals surface area contributed by atoms with Crippen LogP contribution in [0.3, 0.4) is 0 Å². The number of nitrogens with zero attached hydrogens (tertiary/aromatic N) is 2. The molecule has 1 fully saturated rings. The number of rotatable bonds is 37. The number of fused-ring (bicyclic) bond motifs is 1. The smallest absolute Gasteiger partial charge is 0.475 e. The first kappa shape index (κ1) is 79.7. The van der Waals surface area contributed by atoms with E-state index in [1.807, 2.05) is 87.4 Å². The number of carboxylic acid groups (broad SMARTS) is 1. The number of β-lactam (4-membered cyclic amide) rings is 1. The van der Waals surface area contributed by atoms with Crippen LogP contribution in [0.5, 0.6) is 0 Å². The molecular formula is C70H93F5N4O16S. The van der Waals surface area contributed by atoms with Crippen LogP contribution in [0.1, 0.15) is 118 Å². The second-order valence-electron chi connectivity index (χ2n) is 23.2. The van der Waals surface area contributed by atoms with Gasteiger partial charge in [-0.15, -0.1) is 0 Å². The number of halogens is 5. The molecule has 0 saturated carbocycles. The summed E-state index contributed by atoms with van der Waals surface area (Å²) in [5.41, 5.74) is 4.85. The third-order valence-corrected chi connectivity index (χ3v) is 18.3. The lowest BCUT2D eigenvalue weighted by atomic mass is 9.69. The van der Waals surface area contributed by atoms with Gasteiger partial charge in [0.05, 0.1) is 121 Å². The minimum Gasteiger partial charge on any atom is -0.475 e. The lowest BCUT2D eigenvalue weighted by Gasteiger charge is -2.48. The van der Waals surface area contributed by atoms with E-state index in [0.29, 0.717) is 127 Å². The van der Waals surface area contributed by atoms with E-state index in [1.165, 1.54) is 36.4 Å². The summed E-state index contributed by atoms with van der Waals surface area (Å²) < 4.78 is 124. The first-order valence-corrected chi connectivity index (χ1v) is 33.8. The summed E-state index contributed by atoms with van der Waals surface area (Å²) in [6.45, 7) is 12.1. The molecule has 3 amide bonds. The van der Waals surface area contributed by atoms with Gasteiger partial charge in [0.1, 0.15) is 11.6 Å². The van der Waals surface area contributed by atoms with Gasteiger partial charge in [-0.1, -0.05) is 75.2 Å². The number of hydrogen-bond donors (Lipinski definition) is 5. The minimum atomic E-state index is -5.08. The van der Waals surface area contributed by atoms with E-state index < -0.39 is 57.3 Å². The molecule has 2 aliphatic heterocycles. The molecule has 7 rings (SSSR count). The molecular weight excluding hydrogens is 1280 g/mol. The molecule has 5 N–H and O–H groups in total. The Morgan fingerprint density at radius 3 is 1.83 bits per heavy atom. The molecule has 5 aromatic rings. The Balaban J connectivity index is 0.000000315. The van der Waals surface area contributed by atoms with Gasteiger partial charge in [-0.2, -0.15) is 13.2 Å². The lowest BCUT2D eigenvalue weighted by Crippen LogP contribution is -2.55. The predicted octanol–water partition coefficient (Wildman–Crippen LogP) is 10.5. The van der Waals surface area contributed by atoms with Crippen LogP contribution in [0.15, 0.2) is 120 Å². The van der Waals surface area contributed by atoms with Crippen molar-refractivity contribution in [1.29, 1.82) is 0 Å². The van der Waals surface area contributed by atoms with Crippen molar-refractivity contribution in [2.75, 3.05) is 128 Å². The molecule has 0 aromatic heterocycles. The quantitative estimate of drug-likeness (QED) is 0.0141. The highest BCUT2D eigenvalue weighted by Gasteiger charge is 2.50. The molecule has 5 aromatic carbocycles. The van der Waals surface area contributed by atoms with Gasteiger partial charge in [0.15, 0.2) is 9.84 Å². The van der Waals surface area contributed by atoms with Crippen LogP contribution in [-0.2, 0) is 68.7 Å². The number of benzene rings is 5. The fourth-order valence-corrected chi connectivity index (χ4v) is 13.4. The van der Waals surface area contributed by atoms with Crippen LogP contribution < -0.4 is 20.4 Å². The van der Waals surface area contributed by atoms with Gasteiger partial charge in [0.2, 0.25) is 17.7 Å². The normalized spacial score (nSPS) is 18.3. The molecule has 26 heteroatoms. The van der Waals surface area contributed by atoms with Crippen molar-refractivity contribution < 1.29 is 98.0 Å². The lowest BCUT2D eigenvalue weighted by molar-refractivity contribution is -0.192. The number of ether oxygens (including phenoxy) is 7. The molecule has 6 atom stereocenters. The maximum atomic E-state index is 13.9. The number of carbonyl (C=O) groups excluding carboxylic acids is 3. The van der Waals surface area contributed by atoms with Crippen LogP contribution in [0.4, 0.5) is 39.0 Å². The number of nitrogens with one attached hydrogen (secondary N) is 2. The van der Waals surface area contributed by atoms with E-state index in [2.05, 4.69) is 17.6 Å². The summed E-state index contributed by atoms with van der Waals surface area (Å²) in [5, 5.41) is 35.9. The number of amides is 3. The van der Waals surface area contributed by atoms with E-state index >= 15 is 0 Å². The van der Waals surface area contributed by atoms with E-state index in [4.69, 9.17) is 43.1 Å². The zero-order chi connectivity index (χ0) is 70.3. The molecule has 0 radical (unpaired) electrons. The zero-order valence-electron chi connectivity index (χ0n) is 55.5. The number of aliphatic carboxylic acids is 1. The summed E-state index contributed by atoms with van der Waals surface area (Å²) in [7, 11) is 1.76. The number of methoxy groups -OCH3 is 1. The Kier molecular flexibility index (Phi) is 33.8. The highest BCUT2D eigenvalue weighted by Crippen LogP contribution is 2.50. The fraction of sp³-hybridized carbons (Fsp3) is 0.514. The van der Waals surface area contributed by atoms with Crippen molar-refractivity contribution in [2.45, 2.75) is 114 Å². The van der Waals surface area contributed by atoms with Gasteiger partial charge >= 0.3 is 12.1 Å². The summed E-state index contributed by atoms with van der Waals surface area (Å²) in [4.78, 5) is 51.2. The van der Waals surface area contributed by atoms with Gasteiger partial charge < -0.3 is 68.9 Å². The maximum Gasteiger partial charge on any atom is 0.490 e. The van der Waals surface area contributed by atoms with Gasteiger partial charge in [0, 0.05) is 69.2 Å². The van der Waals surface area contributed by atoms with Crippen LogP contribution in [0, 0.1) is 23.0 Å². The Labute approximate surface area is 559 Å². The third kappa shape index (κ3) is 25.1. The first-order chi connectivity index (χ1) is 45.9. The van der Waals surface area contributed by atoms with Crippen molar-refractivity contribution in [2.24, 2.45) is 11.3 Å². The Morgan fingerprint density at radius 2 is 1.27 bits per heavy atom.